The van der Waals surface area contributed by atoms with Crippen molar-refractivity contribution in [1.29, 1.82) is 0 Å². The van der Waals surface area contributed by atoms with Crippen molar-refractivity contribution in [3.8, 4) is 5.75 Å². The number of benzene rings is 3. The number of hydrogen-bond acceptors (Lipinski definition) is 3. The number of aryl methyl sites for hydroxylation is 1. The topological polar surface area (TPSA) is 58.6 Å². The minimum atomic E-state index is -0.170. The average Bonchev–Trinajstić information content (AvgIpc) is 3.17. The normalized spacial score (nSPS) is 12.4. The summed E-state index contributed by atoms with van der Waals surface area (Å²) in [5.74, 6) is 0.480. The maximum atomic E-state index is 13.0. The standard InChI is InChI=1S/C24H22N2O3/c1-16-3-5-18(6-4-16)23(27)25-20-10-7-17-13-14-26(22(17)15-20)24(28)19-8-11-21(29-2)12-9-19/h3-12,15H,13-14H2,1-2H3,(H,25,27). The van der Waals surface area contributed by atoms with Gasteiger partial charge in [-0.25, -0.2) is 0 Å². The molecule has 5 nitrogen and oxygen atoms in total. The summed E-state index contributed by atoms with van der Waals surface area (Å²) in [7, 11) is 1.60. The molecule has 0 unspecified atom stereocenters. The number of hydrogen-bond donors (Lipinski definition) is 1. The van der Waals surface area contributed by atoms with Gasteiger partial charge >= 0.3 is 0 Å². The molecule has 0 aromatic heterocycles. The Morgan fingerprint density at radius 3 is 2.31 bits per heavy atom. The molecule has 146 valence electrons. The van der Waals surface area contributed by atoms with Crippen molar-refractivity contribution >= 4 is 23.2 Å². The quantitative estimate of drug-likeness (QED) is 0.720. The highest BCUT2D eigenvalue weighted by atomic mass is 16.5. The van der Waals surface area contributed by atoms with Crippen LogP contribution in [0.3, 0.4) is 0 Å². The highest BCUT2D eigenvalue weighted by Gasteiger charge is 2.26. The van der Waals surface area contributed by atoms with Gasteiger partial charge in [-0.1, -0.05) is 23.8 Å². The van der Waals surface area contributed by atoms with Crippen molar-refractivity contribution in [2.45, 2.75) is 13.3 Å². The number of nitrogens with zero attached hydrogens (tertiary/aromatic N) is 1. The van der Waals surface area contributed by atoms with Crippen LogP contribution in [0.5, 0.6) is 5.75 Å². The SMILES string of the molecule is COc1ccc(C(=O)N2CCc3ccc(NC(=O)c4ccc(C)cc4)cc32)cc1. The molecule has 1 N–H and O–H groups in total. The fourth-order valence-electron chi connectivity index (χ4n) is 3.47. The number of methoxy groups -OCH3 is 1. The summed E-state index contributed by atoms with van der Waals surface area (Å²) in [6.45, 7) is 2.60. The van der Waals surface area contributed by atoms with E-state index in [1.807, 2.05) is 37.3 Å². The van der Waals surface area contributed by atoms with E-state index in [4.69, 9.17) is 4.74 Å². The average molecular weight is 386 g/mol. The van der Waals surface area contributed by atoms with Crippen LogP contribution in [0.4, 0.5) is 11.4 Å². The fourth-order valence-corrected chi connectivity index (χ4v) is 3.47. The minimum Gasteiger partial charge on any atom is -0.497 e. The molecule has 1 aliphatic heterocycles. The first-order chi connectivity index (χ1) is 14.0. The van der Waals surface area contributed by atoms with Crippen LogP contribution in [0.15, 0.2) is 66.7 Å². The van der Waals surface area contributed by atoms with Crippen LogP contribution in [0, 0.1) is 6.92 Å². The van der Waals surface area contributed by atoms with E-state index >= 15 is 0 Å². The number of carbonyl (C=O) groups excluding carboxylic acids is 2. The van der Waals surface area contributed by atoms with Gasteiger partial charge in [0.1, 0.15) is 5.75 Å². The van der Waals surface area contributed by atoms with Gasteiger partial charge in [0.25, 0.3) is 11.8 Å². The van der Waals surface area contributed by atoms with Crippen molar-refractivity contribution in [1.82, 2.24) is 0 Å². The molecule has 0 saturated heterocycles. The van der Waals surface area contributed by atoms with Gasteiger partial charge < -0.3 is 15.0 Å². The molecule has 3 aromatic carbocycles. The van der Waals surface area contributed by atoms with E-state index in [0.29, 0.717) is 29.1 Å². The first-order valence-corrected chi connectivity index (χ1v) is 9.52. The maximum Gasteiger partial charge on any atom is 0.258 e. The van der Waals surface area contributed by atoms with Gasteiger partial charge in [0, 0.05) is 29.0 Å². The van der Waals surface area contributed by atoms with E-state index in [0.717, 1.165) is 23.2 Å². The Balaban J connectivity index is 1.55. The zero-order valence-corrected chi connectivity index (χ0v) is 16.4. The Kier molecular flexibility index (Phi) is 5.04. The summed E-state index contributed by atoms with van der Waals surface area (Å²) >= 11 is 0. The van der Waals surface area contributed by atoms with Crippen molar-refractivity contribution in [3.05, 3.63) is 89.0 Å². The predicted octanol–water partition coefficient (Wildman–Crippen LogP) is 4.46. The molecule has 3 aromatic rings. The lowest BCUT2D eigenvalue weighted by Crippen LogP contribution is -2.28. The predicted molar refractivity (Wildman–Crippen MR) is 114 cm³/mol. The number of carbonyl (C=O) groups is 2. The van der Waals surface area contributed by atoms with Gasteiger partial charge in [0.15, 0.2) is 0 Å². The Labute approximate surface area is 169 Å². The molecule has 1 aliphatic rings. The van der Waals surface area contributed by atoms with Gasteiger partial charge in [-0.05, 0) is 67.4 Å². The molecule has 0 spiro atoms. The first-order valence-electron chi connectivity index (χ1n) is 9.52. The summed E-state index contributed by atoms with van der Waals surface area (Å²) in [6, 6.07) is 20.2. The molecular formula is C24H22N2O3. The number of anilines is 2. The molecule has 0 aliphatic carbocycles. The van der Waals surface area contributed by atoms with E-state index in [-0.39, 0.29) is 11.8 Å². The number of nitrogens with one attached hydrogen (secondary N) is 1. The summed E-state index contributed by atoms with van der Waals surface area (Å²) in [4.78, 5) is 27.3. The number of fused-ring (bicyclic) bond motifs is 1. The van der Waals surface area contributed by atoms with E-state index in [1.165, 1.54) is 0 Å². The Bertz CT molecular complexity index is 1060. The molecule has 2 amide bonds. The number of amides is 2. The minimum absolute atomic E-state index is 0.0617. The van der Waals surface area contributed by atoms with Gasteiger partial charge in [0.2, 0.25) is 0 Å². The second kappa shape index (κ2) is 7.80. The van der Waals surface area contributed by atoms with E-state index < -0.39 is 0 Å². The monoisotopic (exact) mass is 386 g/mol. The van der Waals surface area contributed by atoms with Gasteiger partial charge in [-0.2, -0.15) is 0 Å². The lowest BCUT2D eigenvalue weighted by Gasteiger charge is -2.18. The van der Waals surface area contributed by atoms with Gasteiger partial charge in [-0.3, -0.25) is 9.59 Å². The van der Waals surface area contributed by atoms with E-state index in [2.05, 4.69) is 5.32 Å². The van der Waals surface area contributed by atoms with Gasteiger partial charge in [-0.15, -0.1) is 0 Å². The van der Waals surface area contributed by atoms with Crippen molar-refractivity contribution in [2.24, 2.45) is 0 Å². The summed E-state index contributed by atoms with van der Waals surface area (Å²) in [5, 5.41) is 2.93. The second-order valence-electron chi connectivity index (χ2n) is 7.10. The summed E-state index contributed by atoms with van der Waals surface area (Å²) in [6.07, 6.45) is 0.795. The summed E-state index contributed by atoms with van der Waals surface area (Å²) < 4.78 is 5.16. The van der Waals surface area contributed by atoms with Gasteiger partial charge in [0.05, 0.1) is 7.11 Å². The number of rotatable bonds is 4. The van der Waals surface area contributed by atoms with E-state index in [1.54, 1.807) is 48.4 Å². The molecule has 29 heavy (non-hydrogen) atoms. The van der Waals surface area contributed by atoms with Crippen LogP contribution >= 0.6 is 0 Å². The van der Waals surface area contributed by atoms with E-state index in [9.17, 15) is 9.59 Å². The molecular weight excluding hydrogens is 364 g/mol. The molecule has 0 atom stereocenters. The zero-order valence-electron chi connectivity index (χ0n) is 16.4. The highest BCUT2D eigenvalue weighted by molar-refractivity contribution is 6.08. The molecule has 1 heterocycles. The summed E-state index contributed by atoms with van der Waals surface area (Å²) in [5.41, 5.74) is 4.92. The molecule has 5 heteroatoms. The molecule has 4 rings (SSSR count). The van der Waals surface area contributed by atoms with Crippen LogP contribution in [0.25, 0.3) is 0 Å². The van der Waals surface area contributed by atoms with Crippen LogP contribution in [0.1, 0.15) is 31.8 Å². The fraction of sp³-hybridized carbons (Fsp3) is 0.167. The second-order valence-corrected chi connectivity index (χ2v) is 7.10. The lowest BCUT2D eigenvalue weighted by molar-refractivity contribution is 0.0988. The maximum absolute atomic E-state index is 13.0. The smallest absolute Gasteiger partial charge is 0.258 e. The Morgan fingerprint density at radius 1 is 0.931 bits per heavy atom. The third-order valence-corrected chi connectivity index (χ3v) is 5.13. The molecule has 0 saturated carbocycles. The first kappa shape index (κ1) is 18.7. The van der Waals surface area contributed by atoms with Crippen LogP contribution < -0.4 is 15.0 Å². The van der Waals surface area contributed by atoms with Crippen LogP contribution in [-0.2, 0) is 6.42 Å². The third kappa shape index (κ3) is 3.85. The van der Waals surface area contributed by atoms with Crippen LogP contribution in [-0.4, -0.2) is 25.5 Å². The lowest BCUT2D eigenvalue weighted by atomic mass is 10.1. The zero-order chi connectivity index (χ0) is 20.4. The van der Waals surface area contributed by atoms with Crippen LogP contribution in [0.2, 0.25) is 0 Å². The third-order valence-electron chi connectivity index (χ3n) is 5.13. The molecule has 0 bridgehead atoms. The van der Waals surface area contributed by atoms with Crippen molar-refractivity contribution < 1.29 is 14.3 Å². The Morgan fingerprint density at radius 2 is 1.62 bits per heavy atom. The van der Waals surface area contributed by atoms with Crippen molar-refractivity contribution in [3.63, 3.8) is 0 Å². The highest BCUT2D eigenvalue weighted by Crippen LogP contribution is 2.32. The molecule has 0 fully saturated rings. The molecule has 0 radical (unpaired) electrons. The number of ether oxygens (including phenoxy) is 1. The van der Waals surface area contributed by atoms with Crippen molar-refractivity contribution in [2.75, 3.05) is 23.9 Å². The Hall–Kier alpha value is -3.60. The largest absolute Gasteiger partial charge is 0.497 e.